The highest BCUT2D eigenvalue weighted by molar-refractivity contribution is 7.22. The Labute approximate surface area is 827 Å². The molecule has 2 aliphatic rings. The fourth-order valence-corrected chi connectivity index (χ4v) is 17.7. The van der Waals surface area contributed by atoms with Gasteiger partial charge in [0.1, 0.15) is 0 Å². The third-order valence-electron chi connectivity index (χ3n) is 23.6. The van der Waals surface area contributed by atoms with Gasteiger partial charge in [-0.25, -0.2) is 69.4 Å². The van der Waals surface area contributed by atoms with Crippen molar-refractivity contribution in [2.75, 3.05) is 102 Å². The van der Waals surface area contributed by atoms with Crippen LogP contribution in [0.1, 0.15) is 49.4 Å². The number of thiophene rings is 1. The highest BCUT2D eigenvalue weighted by atomic mass is 32.1. The number of rotatable bonds is 21. The second kappa shape index (κ2) is 43.8. The number of hydrogen-bond donors (Lipinski definition) is 8. The summed E-state index contributed by atoms with van der Waals surface area (Å²) in [6, 6.07) is 31.3. The molecular formula is C100H103N39O4S. The van der Waals surface area contributed by atoms with Crippen molar-refractivity contribution in [1.82, 2.24) is 150 Å². The van der Waals surface area contributed by atoms with Crippen LogP contribution in [0.3, 0.4) is 0 Å². The Balaban J connectivity index is 0.000000110. The van der Waals surface area contributed by atoms with Gasteiger partial charge in [0.2, 0.25) is 0 Å². The Hall–Kier alpha value is -18.3. The number of carbonyl (C=O) groups is 3. The first-order valence-electron chi connectivity index (χ1n) is 46.5. The SMILES string of the molecule is CCNC(=O)Nc1nccn2c(-c3cnn(C)c3)cnc12.CN(C)c1cccc(Nc2nccn3c(-c4cc5ccccc5s4)cnc23)c1.Cn1cc(-c2cnc3c(NC(=O)Nc4ccccc4)nccn23)cn1.Cn1cc(-c2cnc3c(NC(=O)c4cccnc4)nccn23)cn1.Cn1cc(-c2cnc3c(NC4CCCCC4)nccn23)cn1.Cn1cc(-c2cnc3c(NCCN4CCOCC4)nccn23)cn1. The lowest BCUT2D eigenvalue weighted by Gasteiger charge is -2.26. The minimum Gasteiger partial charge on any atom is -0.379 e. The molecule has 2 fully saturated rings. The van der Waals surface area contributed by atoms with E-state index in [1.807, 2.05) is 209 Å². The zero-order valence-electron chi connectivity index (χ0n) is 80.0. The van der Waals surface area contributed by atoms with Crippen molar-refractivity contribution >= 4 is 125 Å². The predicted octanol–water partition coefficient (Wildman–Crippen LogP) is 15.0. The number of aromatic nitrogens is 29. The molecule has 24 rings (SSSR count). The number of nitrogens with zero attached hydrogens (tertiary/aromatic N) is 31. The molecule has 19 aromatic heterocycles. The Morgan fingerprint density at radius 1 is 0.410 bits per heavy atom. The molecule has 144 heavy (non-hydrogen) atoms. The van der Waals surface area contributed by atoms with Gasteiger partial charge in [-0.3, -0.25) is 75.1 Å². The van der Waals surface area contributed by atoms with Crippen LogP contribution in [0.5, 0.6) is 0 Å². The van der Waals surface area contributed by atoms with E-state index in [0.717, 1.165) is 147 Å². The van der Waals surface area contributed by atoms with Crippen LogP contribution in [0.4, 0.5) is 61.6 Å². The number of morpholine rings is 1. The number of carbonyl (C=O) groups excluding carboxylic acids is 3. The van der Waals surface area contributed by atoms with Gasteiger partial charge in [0, 0.05) is 255 Å². The van der Waals surface area contributed by atoms with Crippen LogP contribution in [0.25, 0.3) is 111 Å². The van der Waals surface area contributed by atoms with Crippen LogP contribution >= 0.6 is 11.3 Å². The van der Waals surface area contributed by atoms with Crippen molar-refractivity contribution in [2.45, 2.75) is 45.1 Å². The summed E-state index contributed by atoms with van der Waals surface area (Å²) in [5.74, 6) is 3.33. The van der Waals surface area contributed by atoms with Gasteiger partial charge in [0.05, 0.1) is 126 Å². The minimum absolute atomic E-state index is 0.283. The topological polar surface area (TPSA) is 446 Å². The molecule has 1 saturated carbocycles. The molecule has 1 saturated heterocycles. The van der Waals surface area contributed by atoms with Crippen LogP contribution in [-0.2, 0) is 40.0 Å². The Morgan fingerprint density at radius 3 is 1.31 bits per heavy atom. The summed E-state index contributed by atoms with van der Waals surface area (Å²) in [7, 11) is 13.5. The van der Waals surface area contributed by atoms with Crippen molar-refractivity contribution in [1.29, 1.82) is 0 Å². The summed E-state index contributed by atoms with van der Waals surface area (Å²) >= 11 is 1.78. The van der Waals surface area contributed by atoms with Crippen molar-refractivity contribution in [3.8, 4) is 66.9 Å². The van der Waals surface area contributed by atoms with E-state index in [0.29, 0.717) is 58.2 Å². The molecule has 728 valence electrons. The van der Waals surface area contributed by atoms with Gasteiger partial charge in [-0.2, -0.15) is 25.5 Å². The van der Waals surface area contributed by atoms with Gasteiger partial charge in [-0.1, -0.05) is 61.7 Å². The molecule has 0 spiro atoms. The second-order valence-corrected chi connectivity index (χ2v) is 35.0. The number of ether oxygens (including phenoxy) is 1. The van der Waals surface area contributed by atoms with Crippen LogP contribution in [0.2, 0.25) is 0 Å². The maximum absolute atomic E-state index is 12.3. The monoisotopic (exact) mass is 1950 g/mol. The Morgan fingerprint density at radius 2 is 0.840 bits per heavy atom. The molecule has 3 aromatic carbocycles. The maximum Gasteiger partial charge on any atom is 0.324 e. The third kappa shape index (κ3) is 22.0. The van der Waals surface area contributed by atoms with Gasteiger partial charge in [-0.05, 0) is 79.7 Å². The van der Waals surface area contributed by atoms with E-state index in [4.69, 9.17) is 4.74 Å². The van der Waals surface area contributed by atoms with E-state index >= 15 is 0 Å². The number of hydrogen-bond acceptors (Lipinski definition) is 28. The smallest absolute Gasteiger partial charge is 0.324 e. The van der Waals surface area contributed by atoms with Crippen molar-refractivity contribution < 1.29 is 19.1 Å². The zero-order valence-corrected chi connectivity index (χ0v) is 80.8. The normalized spacial score (nSPS) is 12.6. The van der Waals surface area contributed by atoms with E-state index in [9.17, 15) is 14.4 Å². The molecule has 8 N–H and O–H groups in total. The summed E-state index contributed by atoms with van der Waals surface area (Å²) in [6.07, 6.45) is 60.6. The van der Waals surface area contributed by atoms with Gasteiger partial charge in [-0.15, -0.1) is 11.3 Å². The molecule has 44 heteroatoms. The summed E-state index contributed by atoms with van der Waals surface area (Å²) in [6.45, 7) is 7.84. The molecule has 43 nitrogen and oxygen atoms in total. The van der Waals surface area contributed by atoms with Crippen molar-refractivity contribution in [3.05, 3.63) is 289 Å². The number of nitrogens with one attached hydrogen (secondary N) is 8. The maximum atomic E-state index is 12.3. The number of para-hydroxylation sites is 1. The summed E-state index contributed by atoms with van der Waals surface area (Å²) in [5.41, 5.74) is 18.2. The molecule has 0 atom stereocenters. The number of anilines is 9. The first-order valence-corrected chi connectivity index (χ1v) is 47.3. The highest BCUT2D eigenvalue weighted by Crippen LogP contribution is 2.37. The van der Waals surface area contributed by atoms with Crippen LogP contribution in [-0.4, -0.2) is 229 Å². The number of fused-ring (bicyclic) bond motifs is 7. The van der Waals surface area contributed by atoms with Gasteiger partial charge < -0.3 is 41.5 Å². The van der Waals surface area contributed by atoms with E-state index in [1.165, 1.54) is 53.3 Å². The van der Waals surface area contributed by atoms with Gasteiger partial charge in [0.15, 0.2) is 68.8 Å². The zero-order chi connectivity index (χ0) is 98.9. The van der Waals surface area contributed by atoms with E-state index in [1.54, 1.807) is 134 Å². The van der Waals surface area contributed by atoms with E-state index in [-0.39, 0.29) is 18.0 Å². The average Bonchev–Trinajstić information content (AvgIpc) is 1.63. The van der Waals surface area contributed by atoms with Crippen LogP contribution < -0.4 is 47.4 Å². The molecule has 1 aliphatic heterocycles. The Kier molecular flexibility index (Phi) is 28.8. The molecule has 20 heterocycles. The van der Waals surface area contributed by atoms with Crippen molar-refractivity contribution in [3.63, 3.8) is 0 Å². The Bertz CT molecular complexity index is 8130. The standard InChI is InChI=1S/C22H19N5S.C17H15N7O.C16H21N7O.C16H13N7O.C16H20N6.C13H15N7O/c1-26(2)17-8-5-7-16(13-17)25-21-22-24-14-18(27(22)11-10-23-21)20-12-15-6-3-4-9-19(15)28-20;1-23-11-12(9-20-23)14-10-19-16-15(18-7-8-24(14)16)22-17(25)21-13-5-3-2-4-6-13;1-21-12-13(10-20-21)14-11-19-16-15(18-3-5-23(14)16)17-2-4-22-6-8-24-9-7-22;1-22-10-12(8-20-22)13-9-19-15-14(18-5-6-23(13)15)21-16(24)11-3-2-4-17-7-11;1-21-11-12(9-19-21)14-10-18-16-15(17-7-8-22(14)16)20-13-5-3-2-4-6-13;1-3-14-13(21)18-11-12-16-7-10(20(12)5-4-15-11)9-6-17-19(2)8-9/h3-14H,1-2H3,(H,23,25);2-11H,1H3,(H2,18,21,22,25);3,5,10-12H,2,4,6-9H2,1H3,(H,17,18);2-10H,1H3,(H,18,21,24);7-11,13H,2-6H2,1H3,(H,17,20);4-8H,3H2,1-2H3,(H2,14,15,18,21). The molecule has 0 bridgehead atoms. The molecular weight excluding hydrogens is 1840 g/mol. The molecule has 22 aromatic rings. The van der Waals surface area contributed by atoms with E-state index in [2.05, 4.69) is 194 Å². The molecule has 1 aliphatic carbocycles. The van der Waals surface area contributed by atoms with Gasteiger partial charge in [0.25, 0.3) is 5.91 Å². The number of amides is 5. The quantitative estimate of drug-likeness (QED) is 0.0331. The summed E-state index contributed by atoms with van der Waals surface area (Å²) in [5, 5.41) is 46.3. The van der Waals surface area contributed by atoms with Crippen LogP contribution in [0, 0.1) is 0 Å². The fraction of sp³-hybridized carbons (Fsp3) is 0.210. The lowest BCUT2D eigenvalue weighted by Crippen LogP contribution is -2.39. The highest BCUT2D eigenvalue weighted by Gasteiger charge is 2.23. The minimum atomic E-state index is -0.377. The molecule has 0 unspecified atom stereocenters. The van der Waals surface area contributed by atoms with E-state index < -0.39 is 0 Å². The summed E-state index contributed by atoms with van der Waals surface area (Å²) in [4.78, 5) is 98.7. The predicted molar refractivity (Wildman–Crippen MR) is 554 cm³/mol. The van der Waals surface area contributed by atoms with Gasteiger partial charge >= 0.3 is 12.1 Å². The second-order valence-electron chi connectivity index (χ2n) is 33.9. The number of urea groups is 2. The lowest BCUT2D eigenvalue weighted by atomic mass is 9.95. The number of imidazole rings is 6. The lowest BCUT2D eigenvalue weighted by molar-refractivity contribution is 0.0398. The molecule has 5 amide bonds. The average molecular weight is 1950 g/mol. The molecule has 0 radical (unpaired) electrons. The van der Waals surface area contributed by atoms with Crippen LogP contribution in [0.15, 0.2) is 283 Å². The van der Waals surface area contributed by atoms with Crippen molar-refractivity contribution in [2.24, 2.45) is 35.2 Å². The fourth-order valence-electron chi connectivity index (χ4n) is 16.6. The number of benzene rings is 3. The first kappa shape index (κ1) is 94.6. The number of aryl methyl sites for hydroxylation is 5. The third-order valence-corrected chi connectivity index (χ3v) is 24.8. The largest absolute Gasteiger partial charge is 0.379 e. The summed E-state index contributed by atoms with van der Waals surface area (Å²) < 4.78 is 27.2. The first-order chi connectivity index (χ1) is 70.4. The number of pyridine rings is 1.